The molecule has 18 heavy (non-hydrogen) atoms. The number of nitrogens with zero attached hydrogens (tertiary/aromatic N) is 1. The number of hydrogen-bond acceptors (Lipinski definition) is 3. The molecule has 2 fully saturated rings. The Kier molecular flexibility index (Phi) is 4.28. The second kappa shape index (κ2) is 5.57. The Labute approximate surface area is 110 Å². The van der Waals surface area contributed by atoms with Gasteiger partial charge in [-0.15, -0.1) is 0 Å². The molecule has 1 aliphatic heterocycles. The van der Waals surface area contributed by atoms with Crippen LogP contribution in [0, 0.1) is 5.41 Å². The third kappa shape index (κ3) is 3.95. The van der Waals surface area contributed by atoms with Crippen LogP contribution in [0.1, 0.15) is 46.0 Å². The maximum Gasteiger partial charge on any atom is 0.234 e. The Hall–Kier alpha value is -0.610. The second-order valence-electron chi connectivity index (χ2n) is 6.79. The van der Waals surface area contributed by atoms with E-state index in [1.807, 2.05) is 0 Å². The van der Waals surface area contributed by atoms with Gasteiger partial charge in [0.15, 0.2) is 0 Å². The van der Waals surface area contributed by atoms with Crippen LogP contribution in [0.5, 0.6) is 0 Å². The first-order valence-electron chi connectivity index (χ1n) is 7.22. The SMILES string of the molecule is CC1(C)CCC(NC(=O)CN2CCC(N)CC2)C1. The van der Waals surface area contributed by atoms with Crippen molar-refractivity contribution in [3.05, 3.63) is 0 Å². The zero-order chi connectivity index (χ0) is 13.2. The fourth-order valence-electron chi connectivity index (χ4n) is 3.15. The van der Waals surface area contributed by atoms with Crippen LogP contribution in [-0.2, 0) is 4.79 Å². The van der Waals surface area contributed by atoms with Crippen molar-refractivity contribution in [1.29, 1.82) is 0 Å². The lowest BCUT2D eigenvalue weighted by molar-refractivity contribution is -0.123. The van der Waals surface area contributed by atoms with Crippen molar-refractivity contribution in [2.75, 3.05) is 19.6 Å². The average Bonchev–Trinajstić information content (AvgIpc) is 2.61. The first-order valence-corrected chi connectivity index (χ1v) is 7.22. The number of rotatable bonds is 3. The summed E-state index contributed by atoms with van der Waals surface area (Å²) in [6.07, 6.45) is 5.50. The van der Waals surface area contributed by atoms with Crippen molar-refractivity contribution in [2.45, 2.75) is 58.0 Å². The van der Waals surface area contributed by atoms with Crippen LogP contribution in [0.3, 0.4) is 0 Å². The molecule has 2 aliphatic rings. The second-order valence-corrected chi connectivity index (χ2v) is 6.79. The lowest BCUT2D eigenvalue weighted by atomic mass is 9.92. The van der Waals surface area contributed by atoms with Crippen LogP contribution in [0.25, 0.3) is 0 Å². The molecule has 0 aromatic rings. The van der Waals surface area contributed by atoms with Crippen molar-refractivity contribution in [3.8, 4) is 0 Å². The summed E-state index contributed by atoms with van der Waals surface area (Å²) in [6, 6.07) is 0.722. The third-order valence-corrected chi connectivity index (χ3v) is 4.33. The molecular weight excluding hydrogens is 226 g/mol. The molecular formula is C14H27N3O. The monoisotopic (exact) mass is 253 g/mol. The molecule has 104 valence electrons. The molecule has 0 spiro atoms. The van der Waals surface area contributed by atoms with Gasteiger partial charge >= 0.3 is 0 Å². The van der Waals surface area contributed by atoms with Gasteiger partial charge in [-0.3, -0.25) is 9.69 Å². The molecule has 1 saturated heterocycles. The summed E-state index contributed by atoms with van der Waals surface area (Å²) in [4.78, 5) is 14.2. The Morgan fingerprint density at radius 3 is 2.56 bits per heavy atom. The van der Waals surface area contributed by atoms with Crippen LogP contribution in [-0.4, -0.2) is 42.5 Å². The fraction of sp³-hybridized carbons (Fsp3) is 0.929. The average molecular weight is 253 g/mol. The molecule has 0 bridgehead atoms. The van der Waals surface area contributed by atoms with Crippen molar-refractivity contribution >= 4 is 5.91 Å². The molecule has 0 aromatic carbocycles. The standard InChI is InChI=1S/C14H27N3O/c1-14(2)6-3-12(9-14)16-13(18)10-17-7-4-11(15)5-8-17/h11-12H,3-10,15H2,1-2H3,(H,16,18). The molecule has 1 heterocycles. The molecule has 4 heteroatoms. The van der Waals surface area contributed by atoms with Crippen molar-refractivity contribution in [2.24, 2.45) is 11.1 Å². The highest BCUT2D eigenvalue weighted by atomic mass is 16.2. The van der Waals surface area contributed by atoms with E-state index in [2.05, 4.69) is 24.1 Å². The van der Waals surface area contributed by atoms with E-state index in [9.17, 15) is 4.79 Å². The highest BCUT2D eigenvalue weighted by Crippen LogP contribution is 2.36. The van der Waals surface area contributed by atoms with E-state index >= 15 is 0 Å². The van der Waals surface area contributed by atoms with Crippen LogP contribution < -0.4 is 11.1 Å². The van der Waals surface area contributed by atoms with E-state index < -0.39 is 0 Å². The summed E-state index contributed by atoms with van der Waals surface area (Å²) in [7, 11) is 0. The molecule has 0 radical (unpaired) electrons. The number of carbonyl (C=O) groups is 1. The maximum atomic E-state index is 12.0. The van der Waals surface area contributed by atoms with E-state index in [0.29, 0.717) is 24.0 Å². The molecule has 0 aromatic heterocycles. The van der Waals surface area contributed by atoms with Gasteiger partial charge in [0.1, 0.15) is 0 Å². The fourth-order valence-corrected chi connectivity index (χ4v) is 3.15. The number of hydrogen-bond donors (Lipinski definition) is 2. The van der Waals surface area contributed by atoms with Gasteiger partial charge in [0.05, 0.1) is 6.54 Å². The molecule has 1 amide bonds. The Morgan fingerprint density at radius 2 is 2.00 bits per heavy atom. The molecule has 2 rings (SSSR count). The van der Waals surface area contributed by atoms with Gasteiger partial charge in [-0.1, -0.05) is 13.8 Å². The van der Waals surface area contributed by atoms with Gasteiger partial charge in [-0.2, -0.15) is 0 Å². The lowest BCUT2D eigenvalue weighted by Crippen LogP contribution is -2.46. The van der Waals surface area contributed by atoms with Gasteiger partial charge in [-0.25, -0.2) is 0 Å². The van der Waals surface area contributed by atoms with Crippen molar-refractivity contribution < 1.29 is 4.79 Å². The number of amides is 1. The molecule has 4 nitrogen and oxygen atoms in total. The number of piperidine rings is 1. The van der Waals surface area contributed by atoms with Gasteiger partial charge in [0.2, 0.25) is 5.91 Å². The first kappa shape index (κ1) is 13.8. The minimum absolute atomic E-state index is 0.188. The topological polar surface area (TPSA) is 58.4 Å². The van der Waals surface area contributed by atoms with Crippen LogP contribution in [0.15, 0.2) is 0 Å². The summed E-state index contributed by atoms with van der Waals surface area (Å²) < 4.78 is 0. The smallest absolute Gasteiger partial charge is 0.234 e. The Bertz CT molecular complexity index is 295. The quantitative estimate of drug-likeness (QED) is 0.792. The molecule has 3 N–H and O–H groups in total. The zero-order valence-electron chi connectivity index (χ0n) is 11.7. The Morgan fingerprint density at radius 1 is 1.33 bits per heavy atom. The van der Waals surface area contributed by atoms with Crippen LogP contribution in [0.2, 0.25) is 0 Å². The normalized spacial score (nSPS) is 29.4. The number of nitrogens with one attached hydrogen (secondary N) is 1. The van der Waals surface area contributed by atoms with Gasteiger partial charge in [0.25, 0.3) is 0 Å². The predicted molar refractivity (Wildman–Crippen MR) is 73.2 cm³/mol. The van der Waals surface area contributed by atoms with E-state index in [4.69, 9.17) is 5.73 Å². The van der Waals surface area contributed by atoms with Crippen molar-refractivity contribution in [3.63, 3.8) is 0 Å². The van der Waals surface area contributed by atoms with Crippen LogP contribution in [0.4, 0.5) is 0 Å². The highest BCUT2D eigenvalue weighted by molar-refractivity contribution is 5.78. The minimum atomic E-state index is 0.188. The highest BCUT2D eigenvalue weighted by Gasteiger charge is 2.31. The summed E-state index contributed by atoms with van der Waals surface area (Å²) >= 11 is 0. The Balaban J connectivity index is 1.69. The summed E-state index contributed by atoms with van der Waals surface area (Å²) in [5.74, 6) is 0.188. The molecule has 1 aliphatic carbocycles. The van der Waals surface area contributed by atoms with Gasteiger partial charge < -0.3 is 11.1 Å². The predicted octanol–water partition coefficient (Wildman–Crippen LogP) is 1.10. The molecule has 1 unspecified atom stereocenters. The maximum absolute atomic E-state index is 12.0. The minimum Gasteiger partial charge on any atom is -0.352 e. The van der Waals surface area contributed by atoms with Gasteiger partial charge in [-0.05, 0) is 37.5 Å². The third-order valence-electron chi connectivity index (χ3n) is 4.33. The number of nitrogens with two attached hydrogens (primary N) is 1. The molecule has 1 atom stereocenters. The van der Waals surface area contributed by atoms with Crippen molar-refractivity contribution in [1.82, 2.24) is 10.2 Å². The zero-order valence-corrected chi connectivity index (χ0v) is 11.7. The summed E-state index contributed by atoms with van der Waals surface area (Å²) in [5, 5.41) is 3.18. The van der Waals surface area contributed by atoms with Gasteiger partial charge in [0, 0.05) is 25.2 Å². The van der Waals surface area contributed by atoms with E-state index in [1.165, 1.54) is 6.42 Å². The first-order chi connectivity index (χ1) is 8.44. The lowest BCUT2D eigenvalue weighted by Gasteiger charge is -2.29. The largest absolute Gasteiger partial charge is 0.352 e. The summed E-state index contributed by atoms with van der Waals surface area (Å²) in [5.41, 5.74) is 6.26. The number of carbonyl (C=O) groups excluding carboxylic acids is 1. The van der Waals surface area contributed by atoms with Crippen LogP contribution >= 0.6 is 0 Å². The number of likely N-dealkylation sites (tertiary alicyclic amines) is 1. The molecule has 1 saturated carbocycles. The van der Waals surface area contributed by atoms with E-state index in [-0.39, 0.29) is 5.91 Å². The summed E-state index contributed by atoms with van der Waals surface area (Å²) in [6.45, 7) is 7.04. The van der Waals surface area contributed by atoms with E-state index in [1.54, 1.807) is 0 Å². The van der Waals surface area contributed by atoms with E-state index in [0.717, 1.165) is 38.8 Å².